The molecule has 0 aliphatic carbocycles. The first-order chi connectivity index (χ1) is 10.3. The average molecular weight is 301 g/mol. The molecule has 0 spiro atoms. The van der Waals surface area contributed by atoms with Crippen molar-refractivity contribution in [3.8, 4) is 5.75 Å². The monoisotopic (exact) mass is 301 g/mol. The van der Waals surface area contributed by atoms with E-state index in [0.29, 0.717) is 5.75 Å². The maximum Gasteiger partial charge on any atom is 0.234 e. The smallest absolute Gasteiger partial charge is 0.234 e. The number of hydrogen-bond acceptors (Lipinski definition) is 3. The fourth-order valence-corrected chi connectivity index (χ4v) is 2.65. The fourth-order valence-electron chi connectivity index (χ4n) is 1.87. The highest BCUT2D eigenvalue weighted by Crippen LogP contribution is 2.15. The molecule has 0 bridgehead atoms. The zero-order valence-corrected chi connectivity index (χ0v) is 12.9. The van der Waals surface area contributed by atoms with Crippen LogP contribution in [0.2, 0.25) is 0 Å². The lowest BCUT2D eigenvalue weighted by Crippen LogP contribution is -2.14. The van der Waals surface area contributed by atoms with Gasteiger partial charge in [-0.05, 0) is 42.0 Å². The van der Waals surface area contributed by atoms with Gasteiger partial charge in [0.2, 0.25) is 5.91 Å². The van der Waals surface area contributed by atoms with Gasteiger partial charge < -0.3 is 10.1 Å². The summed E-state index contributed by atoms with van der Waals surface area (Å²) in [6, 6.07) is 17.6. The third kappa shape index (κ3) is 5.52. The molecule has 1 amide bonds. The van der Waals surface area contributed by atoms with E-state index < -0.39 is 0 Å². The van der Waals surface area contributed by atoms with Crippen LogP contribution in [0.1, 0.15) is 5.56 Å². The van der Waals surface area contributed by atoms with Crippen molar-refractivity contribution in [1.29, 1.82) is 0 Å². The van der Waals surface area contributed by atoms with Gasteiger partial charge in [0.15, 0.2) is 0 Å². The summed E-state index contributed by atoms with van der Waals surface area (Å²) in [6.45, 7) is 0. The number of benzene rings is 2. The van der Waals surface area contributed by atoms with Crippen LogP contribution in [0, 0.1) is 0 Å². The number of methoxy groups -OCH3 is 1. The molecule has 0 atom stereocenters. The molecule has 4 heteroatoms. The molecule has 1 N–H and O–H groups in total. The first-order valence-corrected chi connectivity index (χ1v) is 7.99. The third-order valence-corrected chi connectivity index (χ3v) is 3.94. The second-order valence-electron chi connectivity index (χ2n) is 4.56. The molecule has 0 heterocycles. The normalized spacial score (nSPS) is 10.1. The topological polar surface area (TPSA) is 38.3 Å². The molecule has 3 nitrogen and oxygen atoms in total. The molecule has 0 radical (unpaired) electrons. The van der Waals surface area contributed by atoms with Gasteiger partial charge in [-0.1, -0.05) is 30.3 Å². The minimum Gasteiger partial charge on any atom is -0.497 e. The highest BCUT2D eigenvalue weighted by Gasteiger charge is 2.03. The lowest BCUT2D eigenvalue weighted by molar-refractivity contribution is -0.113. The van der Waals surface area contributed by atoms with Crippen molar-refractivity contribution in [3.63, 3.8) is 0 Å². The van der Waals surface area contributed by atoms with E-state index >= 15 is 0 Å². The molecule has 110 valence electrons. The summed E-state index contributed by atoms with van der Waals surface area (Å²) >= 11 is 1.65. The molecule has 0 saturated heterocycles. The van der Waals surface area contributed by atoms with Gasteiger partial charge in [0.1, 0.15) is 5.75 Å². The minimum atomic E-state index is 0.0261. The van der Waals surface area contributed by atoms with E-state index in [1.165, 1.54) is 5.56 Å². The number of ether oxygens (including phenoxy) is 1. The standard InChI is InChI=1S/C17H19NO2S/c1-20-16-9-7-15(8-10-16)18-17(19)13-21-12-11-14-5-3-2-4-6-14/h2-10H,11-13H2,1H3,(H,18,19). The summed E-state index contributed by atoms with van der Waals surface area (Å²) in [7, 11) is 1.62. The first-order valence-electron chi connectivity index (χ1n) is 6.83. The molecule has 0 fully saturated rings. The van der Waals surface area contributed by atoms with Gasteiger partial charge >= 0.3 is 0 Å². The fraction of sp³-hybridized carbons (Fsp3) is 0.235. The number of amides is 1. The quantitative estimate of drug-likeness (QED) is 0.794. The number of carbonyl (C=O) groups is 1. The zero-order valence-electron chi connectivity index (χ0n) is 12.0. The zero-order chi connectivity index (χ0) is 14.9. The lowest BCUT2D eigenvalue weighted by atomic mass is 10.2. The summed E-state index contributed by atoms with van der Waals surface area (Å²) in [5, 5.41) is 2.88. The molecule has 0 unspecified atom stereocenters. The number of hydrogen-bond donors (Lipinski definition) is 1. The van der Waals surface area contributed by atoms with Crippen molar-refractivity contribution in [2.75, 3.05) is 23.9 Å². The van der Waals surface area contributed by atoms with Crippen molar-refractivity contribution < 1.29 is 9.53 Å². The van der Waals surface area contributed by atoms with Crippen LogP contribution in [0.25, 0.3) is 0 Å². The number of rotatable bonds is 7. The van der Waals surface area contributed by atoms with Crippen molar-refractivity contribution in [3.05, 3.63) is 60.2 Å². The molecule has 0 saturated carbocycles. The van der Waals surface area contributed by atoms with Crippen LogP contribution in [-0.4, -0.2) is 24.5 Å². The first kappa shape index (κ1) is 15.4. The van der Waals surface area contributed by atoms with E-state index in [4.69, 9.17) is 4.74 Å². The van der Waals surface area contributed by atoms with Crippen LogP contribution in [0.15, 0.2) is 54.6 Å². The van der Waals surface area contributed by atoms with Crippen molar-refractivity contribution in [2.45, 2.75) is 6.42 Å². The molecule has 21 heavy (non-hydrogen) atoms. The molecule has 2 aromatic rings. The maximum absolute atomic E-state index is 11.8. The number of thioether (sulfide) groups is 1. The summed E-state index contributed by atoms with van der Waals surface area (Å²) < 4.78 is 5.08. The lowest BCUT2D eigenvalue weighted by Gasteiger charge is -2.06. The van der Waals surface area contributed by atoms with E-state index in [1.54, 1.807) is 18.9 Å². The number of aryl methyl sites for hydroxylation is 1. The van der Waals surface area contributed by atoms with E-state index in [9.17, 15) is 4.79 Å². The Kier molecular flexibility index (Phi) is 6.16. The largest absolute Gasteiger partial charge is 0.497 e. The molecule has 0 aliphatic rings. The molecular weight excluding hydrogens is 282 g/mol. The number of nitrogens with one attached hydrogen (secondary N) is 1. The van der Waals surface area contributed by atoms with Crippen LogP contribution < -0.4 is 10.1 Å². The Hall–Kier alpha value is -1.94. The summed E-state index contributed by atoms with van der Waals surface area (Å²) in [5.74, 6) is 2.22. The second-order valence-corrected chi connectivity index (χ2v) is 5.67. The van der Waals surface area contributed by atoms with Crippen LogP contribution in [-0.2, 0) is 11.2 Å². The van der Waals surface area contributed by atoms with E-state index in [-0.39, 0.29) is 5.91 Å². The average Bonchev–Trinajstić information content (AvgIpc) is 2.53. The Morgan fingerprint density at radius 1 is 1.10 bits per heavy atom. The highest BCUT2D eigenvalue weighted by molar-refractivity contribution is 7.99. The second kappa shape index (κ2) is 8.37. The van der Waals surface area contributed by atoms with E-state index in [0.717, 1.165) is 23.6 Å². The summed E-state index contributed by atoms with van der Waals surface area (Å²) in [6.07, 6.45) is 0.987. The molecular formula is C17H19NO2S. The van der Waals surface area contributed by atoms with E-state index in [2.05, 4.69) is 17.4 Å². The minimum absolute atomic E-state index is 0.0261. The van der Waals surface area contributed by atoms with Crippen molar-refractivity contribution >= 4 is 23.4 Å². The Labute approximate surface area is 129 Å². The van der Waals surface area contributed by atoms with E-state index in [1.807, 2.05) is 42.5 Å². The maximum atomic E-state index is 11.8. The highest BCUT2D eigenvalue weighted by atomic mass is 32.2. The summed E-state index contributed by atoms with van der Waals surface area (Å²) in [4.78, 5) is 11.8. The molecule has 2 rings (SSSR count). The van der Waals surface area contributed by atoms with Gasteiger partial charge in [-0.2, -0.15) is 11.8 Å². The predicted octanol–water partition coefficient (Wildman–Crippen LogP) is 3.61. The predicted molar refractivity (Wildman–Crippen MR) is 89.1 cm³/mol. The Morgan fingerprint density at radius 3 is 2.48 bits per heavy atom. The molecule has 0 aromatic heterocycles. The van der Waals surface area contributed by atoms with Gasteiger partial charge in [0.05, 0.1) is 12.9 Å². The summed E-state index contributed by atoms with van der Waals surface area (Å²) in [5.41, 5.74) is 2.10. The molecule has 2 aromatic carbocycles. The number of anilines is 1. The van der Waals surface area contributed by atoms with Gasteiger partial charge in [-0.15, -0.1) is 0 Å². The van der Waals surface area contributed by atoms with Crippen molar-refractivity contribution in [1.82, 2.24) is 0 Å². The Bertz CT molecular complexity index is 555. The van der Waals surface area contributed by atoms with Gasteiger partial charge in [0.25, 0.3) is 0 Å². The molecule has 0 aliphatic heterocycles. The van der Waals surface area contributed by atoms with Crippen LogP contribution in [0.4, 0.5) is 5.69 Å². The van der Waals surface area contributed by atoms with Crippen molar-refractivity contribution in [2.24, 2.45) is 0 Å². The SMILES string of the molecule is COc1ccc(NC(=O)CSCCc2ccccc2)cc1. The Morgan fingerprint density at radius 2 is 1.81 bits per heavy atom. The van der Waals surface area contributed by atoms with Crippen LogP contribution in [0.3, 0.4) is 0 Å². The van der Waals surface area contributed by atoms with Gasteiger partial charge in [-0.3, -0.25) is 4.79 Å². The Balaban J connectivity index is 1.67. The number of carbonyl (C=O) groups excluding carboxylic acids is 1. The third-order valence-electron chi connectivity index (χ3n) is 2.98. The van der Waals surface area contributed by atoms with Crippen LogP contribution in [0.5, 0.6) is 5.75 Å². The van der Waals surface area contributed by atoms with Crippen LogP contribution >= 0.6 is 11.8 Å². The van der Waals surface area contributed by atoms with Gasteiger partial charge in [-0.25, -0.2) is 0 Å². The van der Waals surface area contributed by atoms with Gasteiger partial charge in [0, 0.05) is 5.69 Å².